The molecule has 0 N–H and O–H groups in total. The van der Waals surface area contributed by atoms with Crippen LogP contribution in [0, 0.1) is 0 Å². The van der Waals surface area contributed by atoms with Gasteiger partial charge in [0.2, 0.25) is 6.29 Å². The minimum Gasteiger partial charge on any atom is -0.445 e. The summed E-state index contributed by atoms with van der Waals surface area (Å²) < 4.78 is 9.10. The first-order chi connectivity index (χ1) is 6.13. The molecule has 0 saturated heterocycles. The van der Waals surface area contributed by atoms with Crippen molar-refractivity contribution >= 4 is 18.9 Å². The fourth-order valence-corrected chi connectivity index (χ4v) is 0.434. The van der Waals surface area contributed by atoms with Crippen molar-refractivity contribution in [2.75, 3.05) is 0 Å². The van der Waals surface area contributed by atoms with E-state index in [4.69, 9.17) is 0 Å². The van der Waals surface area contributed by atoms with Crippen LogP contribution in [0.15, 0.2) is 24.7 Å². The first-order valence-corrected chi connectivity index (χ1v) is 3.20. The van der Waals surface area contributed by atoms with Gasteiger partial charge in [0.05, 0.1) is 0 Å². The summed E-state index contributed by atoms with van der Waals surface area (Å²) in [5.74, 6) is -0.536. The maximum Gasteiger partial charge on any atom is 0.297 e. The third-order valence-electron chi connectivity index (χ3n) is 0.909. The number of carbonyl (C=O) groups excluding carboxylic acids is 3. The highest BCUT2D eigenvalue weighted by Crippen LogP contribution is 2.01. The third kappa shape index (κ3) is 4.52. The average molecular weight is 184 g/mol. The summed E-state index contributed by atoms with van der Waals surface area (Å²) in [6, 6.07) is 0. The van der Waals surface area contributed by atoms with E-state index in [0.717, 1.165) is 0 Å². The van der Waals surface area contributed by atoms with Gasteiger partial charge in [0.15, 0.2) is 24.1 Å². The maximum absolute atomic E-state index is 10.2. The highest BCUT2D eigenvalue weighted by molar-refractivity contribution is 5.71. The van der Waals surface area contributed by atoms with Crippen LogP contribution >= 0.6 is 0 Å². The van der Waals surface area contributed by atoms with Crippen molar-refractivity contribution in [2.45, 2.75) is 6.29 Å². The molecule has 70 valence electrons. The van der Waals surface area contributed by atoms with E-state index < -0.39 is 6.29 Å². The normalized spacial score (nSPS) is 8.69. The van der Waals surface area contributed by atoms with E-state index in [1.54, 1.807) is 0 Å². The summed E-state index contributed by atoms with van der Waals surface area (Å²) in [5, 5.41) is 0. The second kappa shape index (κ2) is 5.70. The van der Waals surface area contributed by atoms with Crippen molar-refractivity contribution in [1.29, 1.82) is 0 Å². The second-order valence-corrected chi connectivity index (χ2v) is 1.91. The fraction of sp³-hybridized carbons (Fsp3) is 0.125. The van der Waals surface area contributed by atoms with Gasteiger partial charge in [-0.05, 0) is 0 Å². The van der Waals surface area contributed by atoms with Gasteiger partial charge >= 0.3 is 0 Å². The fourth-order valence-electron chi connectivity index (χ4n) is 0.434. The lowest BCUT2D eigenvalue weighted by Crippen LogP contribution is -2.18. The van der Waals surface area contributed by atoms with E-state index in [-0.39, 0.29) is 17.8 Å². The number of allylic oxidation sites excluding steroid dienone is 2. The quantitative estimate of drug-likeness (QED) is 0.240. The summed E-state index contributed by atoms with van der Waals surface area (Å²) in [4.78, 5) is 30.3. The van der Waals surface area contributed by atoms with E-state index >= 15 is 0 Å². The van der Waals surface area contributed by atoms with Crippen LogP contribution in [0.1, 0.15) is 0 Å². The lowest BCUT2D eigenvalue weighted by Gasteiger charge is -2.12. The zero-order chi connectivity index (χ0) is 10.3. The van der Waals surface area contributed by atoms with Crippen LogP contribution in [0.3, 0.4) is 0 Å². The summed E-state index contributed by atoms with van der Waals surface area (Å²) in [6.07, 6.45) is -0.480. The SMILES string of the molecule is C=C(C=O)OC(C=O)OC(=C)C=O. The Labute approximate surface area is 74.6 Å². The van der Waals surface area contributed by atoms with Gasteiger partial charge in [0.25, 0.3) is 6.29 Å². The molecule has 0 aliphatic heterocycles. The highest BCUT2D eigenvalue weighted by Gasteiger charge is 2.10. The standard InChI is InChI=1S/C8H8O5/c1-6(3-9)12-8(5-11)13-7(2)4-10/h3-5,8H,1-2H2. The number of hydrogen-bond donors (Lipinski definition) is 0. The first kappa shape index (κ1) is 11.1. The Morgan fingerprint density at radius 3 is 1.62 bits per heavy atom. The van der Waals surface area contributed by atoms with E-state index in [2.05, 4.69) is 22.6 Å². The molecule has 0 aliphatic carbocycles. The molecule has 0 aromatic rings. The Morgan fingerprint density at radius 2 is 1.38 bits per heavy atom. The van der Waals surface area contributed by atoms with Crippen molar-refractivity contribution in [1.82, 2.24) is 0 Å². The summed E-state index contributed by atoms with van der Waals surface area (Å²) in [7, 11) is 0. The molecular formula is C8H8O5. The molecule has 0 fully saturated rings. The van der Waals surface area contributed by atoms with Crippen molar-refractivity contribution < 1.29 is 23.9 Å². The monoisotopic (exact) mass is 184 g/mol. The van der Waals surface area contributed by atoms with E-state index in [1.165, 1.54) is 0 Å². The van der Waals surface area contributed by atoms with Crippen molar-refractivity contribution in [2.24, 2.45) is 0 Å². The van der Waals surface area contributed by atoms with Gasteiger partial charge in [-0.15, -0.1) is 0 Å². The van der Waals surface area contributed by atoms with Gasteiger partial charge in [-0.1, -0.05) is 13.2 Å². The molecule has 0 radical (unpaired) electrons. The van der Waals surface area contributed by atoms with Gasteiger partial charge in [0, 0.05) is 0 Å². The zero-order valence-corrected chi connectivity index (χ0v) is 6.76. The number of ether oxygens (including phenoxy) is 2. The molecule has 0 saturated carbocycles. The molecule has 13 heavy (non-hydrogen) atoms. The predicted molar refractivity (Wildman–Crippen MR) is 42.4 cm³/mol. The molecule has 0 rings (SSSR count). The molecule has 0 aromatic carbocycles. The molecule has 0 atom stereocenters. The van der Waals surface area contributed by atoms with Gasteiger partial charge < -0.3 is 9.47 Å². The van der Waals surface area contributed by atoms with Crippen LogP contribution in [0.25, 0.3) is 0 Å². The molecule has 0 amide bonds. The maximum atomic E-state index is 10.2. The van der Waals surface area contributed by atoms with Gasteiger partial charge in [-0.3, -0.25) is 14.4 Å². The van der Waals surface area contributed by atoms with Crippen LogP contribution in [0.2, 0.25) is 0 Å². The Bertz CT molecular complexity index is 221. The molecule has 5 nitrogen and oxygen atoms in total. The van der Waals surface area contributed by atoms with Crippen LogP contribution < -0.4 is 0 Å². The van der Waals surface area contributed by atoms with E-state index in [9.17, 15) is 14.4 Å². The van der Waals surface area contributed by atoms with Gasteiger partial charge in [-0.25, -0.2) is 0 Å². The lowest BCUT2D eigenvalue weighted by molar-refractivity contribution is -0.142. The van der Waals surface area contributed by atoms with Gasteiger partial charge in [0.1, 0.15) is 0 Å². The Morgan fingerprint density at radius 1 is 1.00 bits per heavy atom. The lowest BCUT2D eigenvalue weighted by atomic mass is 10.6. The van der Waals surface area contributed by atoms with Crippen LogP contribution in [-0.2, 0) is 23.9 Å². The average Bonchev–Trinajstić information content (AvgIpc) is 2.16. The number of hydrogen-bond acceptors (Lipinski definition) is 5. The molecule has 0 bridgehead atoms. The van der Waals surface area contributed by atoms with Crippen molar-refractivity contribution in [3.8, 4) is 0 Å². The van der Waals surface area contributed by atoms with Crippen LogP contribution in [0.5, 0.6) is 0 Å². The third-order valence-corrected chi connectivity index (χ3v) is 0.909. The zero-order valence-electron chi connectivity index (χ0n) is 6.76. The highest BCUT2D eigenvalue weighted by atomic mass is 16.7. The minimum atomic E-state index is -1.37. The number of aldehydes is 3. The van der Waals surface area contributed by atoms with E-state index in [0.29, 0.717) is 12.6 Å². The first-order valence-electron chi connectivity index (χ1n) is 3.20. The van der Waals surface area contributed by atoms with Crippen LogP contribution in [-0.4, -0.2) is 25.1 Å². The smallest absolute Gasteiger partial charge is 0.297 e. The Kier molecular flexibility index (Phi) is 4.87. The van der Waals surface area contributed by atoms with E-state index in [1.807, 2.05) is 0 Å². The number of rotatable bonds is 7. The van der Waals surface area contributed by atoms with Gasteiger partial charge in [-0.2, -0.15) is 0 Å². The van der Waals surface area contributed by atoms with Crippen LogP contribution in [0.4, 0.5) is 0 Å². The molecule has 0 spiro atoms. The van der Waals surface area contributed by atoms with Crippen molar-refractivity contribution in [3.63, 3.8) is 0 Å². The molecule has 0 aromatic heterocycles. The molecule has 0 unspecified atom stereocenters. The molecular weight excluding hydrogens is 176 g/mol. The number of carbonyl (C=O) groups is 3. The molecule has 5 heteroatoms. The topological polar surface area (TPSA) is 69.7 Å². The molecule has 0 heterocycles. The summed E-state index contributed by atoms with van der Waals surface area (Å²) in [5.41, 5.74) is 0. The predicted octanol–water partition coefficient (Wildman–Crippen LogP) is -0.0302. The largest absolute Gasteiger partial charge is 0.445 e. The Hall–Kier alpha value is -1.91. The van der Waals surface area contributed by atoms with Crippen molar-refractivity contribution in [3.05, 3.63) is 24.7 Å². The minimum absolute atomic E-state index is 0.267. The molecule has 0 aliphatic rings. The summed E-state index contributed by atoms with van der Waals surface area (Å²) in [6.45, 7) is 6.29. The Balaban J connectivity index is 4.10. The second-order valence-electron chi connectivity index (χ2n) is 1.91. The summed E-state index contributed by atoms with van der Waals surface area (Å²) >= 11 is 0.